The zero-order chi connectivity index (χ0) is 13.0. The third-order valence-corrected chi connectivity index (χ3v) is 3.32. The molecule has 1 aromatic rings. The van der Waals surface area contributed by atoms with Crippen molar-refractivity contribution >= 4 is 5.96 Å². The average Bonchev–Trinajstić information content (AvgIpc) is 2.36. The van der Waals surface area contributed by atoms with Crippen LogP contribution in [0.3, 0.4) is 0 Å². The fourth-order valence-electron chi connectivity index (χ4n) is 2.32. The predicted octanol–water partition coefficient (Wildman–Crippen LogP) is 1.94. The van der Waals surface area contributed by atoms with Gasteiger partial charge in [-0.1, -0.05) is 19.1 Å². The Kier molecular flexibility index (Phi) is 4.07. The molecule has 0 spiro atoms. The van der Waals surface area contributed by atoms with Gasteiger partial charge in [-0.05, 0) is 36.5 Å². The van der Waals surface area contributed by atoms with E-state index < -0.39 is 0 Å². The summed E-state index contributed by atoms with van der Waals surface area (Å²) < 4.78 is 0. The van der Waals surface area contributed by atoms with Crippen molar-refractivity contribution in [1.29, 1.82) is 0 Å². The second-order valence-corrected chi connectivity index (χ2v) is 5.04. The van der Waals surface area contributed by atoms with Gasteiger partial charge in [0.1, 0.15) is 5.75 Å². The molecule has 1 saturated heterocycles. The number of phenols is 1. The zero-order valence-electron chi connectivity index (χ0n) is 10.8. The van der Waals surface area contributed by atoms with E-state index in [-0.39, 0.29) is 5.75 Å². The normalized spacial score (nSPS) is 21.1. The number of hydrogen-bond acceptors (Lipinski definition) is 2. The summed E-state index contributed by atoms with van der Waals surface area (Å²) in [5.74, 6) is 1.58. The first-order valence-electron chi connectivity index (χ1n) is 6.48. The first-order valence-corrected chi connectivity index (χ1v) is 6.48. The molecule has 1 fully saturated rings. The van der Waals surface area contributed by atoms with E-state index in [1.54, 1.807) is 12.1 Å². The number of guanidine groups is 1. The van der Waals surface area contributed by atoms with E-state index in [4.69, 9.17) is 5.73 Å². The van der Waals surface area contributed by atoms with Crippen LogP contribution in [0.2, 0.25) is 0 Å². The minimum absolute atomic E-state index is 0.271. The summed E-state index contributed by atoms with van der Waals surface area (Å²) in [7, 11) is 0. The number of hydrogen-bond donors (Lipinski definition) is 2. The van der Waals surface area contributed by atoms with E-state index in [9.17, 15) is 5.11 Å². The Morgan fingerprint density at radius 2 is 2.39 bits per heavy atom. The molecule has 18 heavy (non-hydrogen) atoms. The van der Waals surface area contributed by atoms with Gasteiger partial charge in [0.25, 0.3) is 0 Å². The zero-order valence-corrected chi connectivity index (χ0v) is 10.8. The topological polar surface area (TPSA) is 61.8 Å². The van der Waals surface area contributed by atoms with Crippen molar-refractivity contribution in [2.45, 2.75) is 26.3 Å². The summed E-state index contributed by atoms with van der Waals surface area (Å²) in [6, 6.07) is 7.13. The molecule has 1 aliphatic heterocycles. The minimum atomic E-state index is 0.271. The molecule has 0 saturated carbocycles. The lowest BCUT2D eigenvalue weighted by Gasteiger charge is -2.31. The lowest BCUT2D eigenvalue weighted by Crippen LogP contribution is -2.43. The van der Waals surface area contributed by atoms with Crippen molar-refractivity contribution in [1.82, 2.24) is 4.90 Å². The predicted molar refractivity (Wildman–Crippen MR) is 73.4 cm³/mol. The number of aliphatic imine (C=N–C) groups is 1. The summed E-state index contributed by atoms with van der Waals surface area (Å²) in [4.78, 5) is 6.55. The van der Waals surface area contributed by atoms with Gasteiger partial charge in [0.15, 0.2) is 5.96 Å². The van der Waals surface area contributed by atoms with Crippen molar-refractivity contribution in [3.63, 3.8) is 0 Å². The molecule has 4 heteroatoms. The molecule has 3 N–H and O–H groups in total. The number of phenolic OH excluding ortho intramolecular Hbond substituents is 1. The van der Waals surface area contributed by atoms with Gasteiger partial charge in [0.05, 0.1) is 6.54 Å². The van der Waals surface area contributed by atoms with Crippen molar-refractivity contribution in [2.24, 2.45) is 16.6 Å². The quantitative estimate of drug-likeness (QED) is 0.620. The second kappa shape index (κ2) is 5.76. The smallest absolute Gasteiger partial charge is 0.191 e. The molecule has 0 aliphatic carbocycles. The molecule has 0 amide bonds. The van der Waals surface area contributed by atoms with Crippen LogP contribution in [0.15, 0.2) is 29.3 Å². The largest absolute Gasteiger partial charge is 0.508 e. The molecular weight excluding hydrogens is 226 g/mol. The number of likely N-dealkylation sites (tertiary alicyclic amines) is 1. The molecule has 1 atom stereocenters. The van der Waals surface area contributed by atoms with Gasteiger partial charge < -0.3 is 15.7 Å². The van der Waals surface area contributed by atoms with Crippen LogP contribution in [0.1, 0.15) is 25.3 Å². The first kappa shape index (κ1) is 12.7. The Morgan fingerprint density at radius 1 is 1.56 bits per heavy atom. The highest BCUT2D eigenvalue weighted by Crippen LogP contribution is 2.15. The minimum Gasteiger partial charge on any atom is -0.508 e. The molecule has 0 radical (unpaired) electrons. The van der Waals surface area contributed by atoms with E-state index in [1.165, 1.54) is 12.8 Å². The third-order valence-electron chi connectivity index (χ3n) is 3.32. The number of benzene rings is 1. The van der Waals surface area contributed by atoms with Gasteiger partial charge in [-0.2, -0.15) is 0 Å². The monoisotopic (exact) mass is 247 g/mol. The van der Waals surface area contributed by atoms with E-state index in [0.717, 1.165) is 18.7 Å². The highest BCUT2D eigenvalue weighted by molar-refractivity contribution is 5.78. The fourth-order valence-corrected chi connectivity index (χ4v) is 2.32. The fraction of sp³-hybridized carbons (Fsp3) is 0.500. The van der Waals surface area contributed by atoms with Crippen LogP contribution in [0.25, 0.3) is 0 Å². The summed E-state index contributed by atoms with van der Waals surface area (Å²) in [5, 5.41) is 9.37. The number of aromatic hydroxyl groups is 1. The van der Waals surface area contributed by atoms with Gasteiger partial charge in [-0.25, -0.2) is 4.99 Å². The van der Waals surface area contributed by atoms with Crippen LogP contribution in [0.4, 0.5) is 0 Å². The highest BCUT2D eigenvalue weighted by Gasteiger charge is 2.17. The van der Waals surface area contributed by atoms with Crippen LogP contribution in [-0.2, 0) is 6.54 Å². The number of rotatable bonds is 2. The van der Waals surface area contributed by atoms with Gasteiger partial charge >= 0.3 is 0 Å². The Hall–Kier alpha value is -1.71. The van der Waals surface area contributed by atoms with Crippen LogP contribution >= 0.6 is 0 Å². The number of piperidine rings is 1. The molecule has 98 valence electrons. The van der Waals surface area contributed by atoms with Gasteiger partial charge in [0.2, 0.25) is 0 Å². The van der Waals surface area contributed by atoms with Gasteiger partial charge in [-0.3, -0.25) is 0 Å². The van der Waals surface area contributed by atoms with E-state index in [1.807, 2.05) is 12.1 Å². The molecular formula is C14H21N3O. The second-order valence-electron chi connectivity index (χ2n) is 5.04. The molecule has 1 heterocycles. The molecule has 2 rings (SSSR count). The van der Waals surface area contributed by atoms with Crippen molar-refractivity contribution < 1.29 is 5.11 Å². The number of nitrogens with zero attached hydrogens (tertiary/aromatic N) is 2. The lowest BCUT2D eigenvalue weighted by atomic mass is 10.0. The molecule has 4 nitrogen and oxygen atoms in total. The SMILES string of the molecule is CC1CCCN(C(N)=NCc2cccc(O)c2)C1. The molecule has 1 aliphatic rings. The average molecular weight is 247 g/mol. The van der Waals surface area contributed by atoms with Crippen molar-refractivity contribution in [2.75, 3.05) is 13.1 Å². The summed E-state index contributed by atoms with van der Waals surface area (Å²) >= 11 is 0. The maximum absolute atomic E-state index is 9.37. The maximum atomic E-state index is 9.37. The first-order chi connectivity index (χ1) is 8.65. The maximum Gasteiger partial charge on any atom is 0.191 e. The number of nitrogens with two attached hydrogens (primary N) is 1. The summed E-state index contributed by atoms with van der Waals surface area (Å²) in [6.45, 7) is 4.76. The van der Waals surface area contributed by atoms with E-state index in [2.05, 4.69) is 16.8 Å². The van der Waals surface area contributed by atoms with Gasteiger partial charge in [0, 0.05) is 13.1 Å². The van der Waals surface area contributed by atoms with Crippen LogP contribution in [0.5, 0.6) is 5.75 Å². The molecule has 0 bridgehead atoms. The highest BCUT2D eigenvalue weighted by atomic mass is 16.3. The lowest BCUT2D eigenvalue weighted by molar-refractivity contribution is 0.270. The molecule has 0 aromatic heterocycles. The summed E-state index contributed by atoms with van der Waals surface area (Å²) in [6.07, 6.45) is 2.46. The standard InChI is InChI=1S/C14H21N3O/c1-11-4-3-7-17(10-11)14(15)16-9-12-5-2-6-13(18)8-12/h2,5-6,8,11,18H,3-4,7,9-10H2,1H3,(H2,15,16). The van der Waals surface area contributed by atoms with Crippen LogP contribution in [-0.4, -0.2) is 29.1 Å². The molecule has 1 unspecified atom stereocenters. The van der Waals surface area contributed by atoms with Crippen LogP contribution < -0.4 is 5.73 Å². The Morgan fingerprint density at radius 3 is 3.11 bits per heavy atom. The van der Waals surface area contributed by atoms with E-state index in [0.29, 0.717) is 18.4 Å². The Balaban J connectivity index is 1.96. The third kappa shape index (κ3) is 3.39. The van der Waals surface area contributed by atoms with E-state index >= 15 is 0 Å². The Bertz CT molecular complexity index is 431. The van der Waals surface area contributed by atoms with Gasteiger partial charge in [-0.15, -0.1) is 0 Å². The van der Waals surface area contributed by atoms with Crippen molar-refractivity contribution in [3.8, 4) is 5.75 Å². The molecule has 1 aromatic carbocycles. The van der Waals surface area contributed by atoms with Crippen molar-refractivity contribution in [3.05, 3.63) is 29.8 Å². The Labute approximate surface area is 108 Å². The van der Waals surface area contributed by atoms with Crippen LogP contribution in [0, 0.1) is 5.92 Å². The summed E-state index contributed by atoms with van der Waals surface area (Å²) in [5.41, 5.74) is 6.98.